The Labute approximate surface area is 118 Å². The minimum absolute atomic E-state index is 0.112. The van der Waals surface area contributed by atoms with Crippen LogP contribution in [0.15, 0.2) is 18.2 Å². The van der Waals surface area contributed by atoms with Crippen LogP contribution in [0.5, 0.6) is 11.5 Å². The minimum atomic E-state index is -0.294. The van der Waals surface area contributed by atoms with Gasteiger partial charge in [0, 0.05) is 13.2 Å². The molecule has 0 aliphatic rings. The van der Waals surface area contributed by atoms with Crippen molar-refractivity contribution in [2.24, 2.45) is 0 Å². The molecule has 0 radical (unpaired) electrons. The second kappa shape index (κ2) is 8.16. The molecule has 0 fully saturated rings. The molecule has 0 saturated carbocycles. The van der Waals surface area contributed by atoms with Crippen LogP contribution in [0.25, 0.3) is 0 Å². The van der Waals surface area contributed by atoms with Gasteiger partial charge < -0.3 is 19.5 Å². The molecule has 1 rings (SSSR count). The standard InChI is InChI=1S/C14H19NO5/c1-10(8-18-2)15-13(17)9-20-14-11(7-16)5-4-6-12(14)19-3/h4-7,10H,8-9H2,1-3H3,(H,15,17). The highest BCUT2D eigenvalue weighted by molar-refractivity contribution is 5.82. The highest BCUT2D eigenvalue weighted by Crippen LogP contribution is 2.29. The van der Waals surface area contributed by atoms with Crippen molar-refractivity contribution in [3.05, 3.63) is 23.8 Å². The zero-order chi connectivity index (χ0) is 15.0. The Morgan fingerprint density at radius 1 is 1.40 bits per heavy atom. The van der Waals surface area contributed by atoms with Gasteiger partial charge in [0.2, 0.25) is 0 Å². The first kappa shape index (κ1) is 16.0. The smallest absolute Gasteiger partial charge is 0.258 e. The number of amides is 1. The van der Waals surface area contributed by atoms with Gasteiger partial charge in [-0.15, -0.1) is 0 Å². The van der Waals surface area contributed by atoms with Gasteiger partial charge in [-0.25, -0.2) is 0 Å². The molecule has 0 aliphatic carbocycles. The molecule has 0 heterocycles. The number of rotatable bonds is 8. The molecule has 1 unspecified atom stereocenters. The topological polar surface area (TPSA) is 73.9 Å². The van der Waals surface area contributed by atoms with Crippen molar-refractivity contribution in [3.63, 3.8) is 0 Å². The predicted octanol–water partition coefficient (Wildman–Crippen LogP) is 1.04. The average molecular weight is 281 g/mol. The molecule has 0 aliphatic heterocycles. The van der Waals surface area contributed by atoms with Gasteiger partial charge in [0.1, 0.15) is 0 Å². The molecular formula is C14H19NO5. The van der Waals surface area contributed by atoms with Gasteiger partial charge in [0.25, 0.3) is 5.91 Å². The van der Waals surface area contributed by atoms with E-state index in [-0.39, 0.29) is 24.3 Å². The third-order valence-electron chi connectivity index (χ3n) is 2.53. The lowest BCUT2D eigenvalue weighted by molar-refractivity contribution is -0.124. The molecule has 1 N–H and O–H groups in total. The van der Waals surface area contributed by atoms with Gasteiger partial charge in [-0.2, -0.15) is 0 Å². The monoisotopic (exact) mass is 281 g/mol. The summed E-state index contributed by atoms with van der Waals surface area (Å²) < 4.78 is 15.4. The Morgan fingerprint density at radius 3 is 2.75 bits per heavy atom. The normalized spacial score (nSPS) is 11.6. The summed E-state index contributed by atoms with van der Waals surface area (Å²) in [6.07, 6.45) is 0.656. The molecule has 0 spiro atoms. The van der Waals surface area contributed by atoms with Gasteiger partial charge in [-0.3, -0.25) is 9.59 Å². The Bertz CT molecular complexity index is 461. The van der Waals surface area contributed by atoms with Gasteiger partial charge in [0.05, 0.1) is 19.3 Å². The summed E-state index contributed by atoms with van der Waals surface area (Å²) in [7, 11) is 3.03. The lowest BCUT2D eigenvalue weighted by Gasteiger charge is -2.15. The highest BCUT2D eigenvalue weighted by Gasteiger charge is 2.13. The van der Waals surface area contributed by atoms with Crippen molar-refractivity contribution >= 4 is 12.2 Å². The fourth-order valence-corrected chi connectivity index (χ4v) is 1.69. The number of para-hydroxylation sites is 1. The van der Waals surface area contributed by atoms with E-state index >= 15 is 0 Å². The van der Waals surface area contributed by atoms with Crippen LogP contribution in [-0.2, 0) is 9.53 Å². The molecule has 110 valence electrons. The molecular weight excluding hydrogens is 262 g/mol. The molecule has 0 aromatic heterocycles. The van der Waals surface area contributed by atoms with E-state index in [1.165, 1.54) is 7.11 Å². The molecule has 20 heavy (non-hydrogen) atoms. The van der Waals surface area contributed by atoms with Crippen LogP contribution in [0.2, 0.25) is 0 Å². The number of benzene rings is 1. The molecule has 1 aromatic rings. The number of carbonyl (C=O) groups excluding carboxylic acids is 2. The zero-order valence-electron chi connectivity index (χ0n) is 11.8. The van der Waals surface area contributed by atoms with Crippen molar-refractivity contribution in [2.45, 2.75) is 13.0 Å². The van der Waals surface area contributed by atoms with E-state index in [0.29, 0.717) is 24.2 Å². The summed E-state index contributed by atoms with van der Waals surface area (Å²) in [5, 5.41) is 2.71. The van der Waals surface area contributed by atoms with E-state index in [9.17, 15) is 9.59 Å². The van der Waals surface area contributed by atoms with E-state index in [0.717, 1.165) is 0 Å². The van der Waals surface area contributed by atoms with Crippen molar-refractivity contribution in [2.75, 3.05) is 27.4 Å². The summed E-state index contributed by atoms with van der Waals surface area (Å²) in [5.74, 6) is 0.379. The number of ether oxygens (including phenoxy) is 3. The van der Waals surface area contributed by atoms with Gasteiger partial charge in [-0.1, -0.05) is 6.07 Å². The third kappa shape index (κ3) is 4.55. The molecule has 1 amide bonds. The molecule has 0 saturated heterocycles. The number of hydrogen-bond acceptors (Lipinski definition) is 5. The molecule has 1 aromatic carbocycles. The van der Waals surface area contributed by atoms with Crippen molar-refractivity contribution in [1.29, 1.82) is 0 Å². The van der Waals surface area contributed by atoms with E-state index in [1.807, 2.05) is 6.92 Å². The van der Waals surface area contributed by atoms with Crippen LogP contribution in [0.4, 0.5) is 0 Å². The minimum Gasteiger partial charge on any atom is -0.493 e. The second-order valence-electron chi connectivity index (χ2n) is 4.21. The summed E-state index contributed by atoms with van der Waals surface area (Å²) >= 11 is 0. The van der Waals surface area contributed by atoms with Crippen LogP contribution in [-0.4, -0.2) is 45.7 Å². The van der Waals surface area contributed by atoms with E-state index < -0.39 is 0 Å². The van der Waals surface area contributed by atoms with E-state index in [2.05, 4.69) is 5.32 Å². The largest absolute Gasteiger partial charge is 0.493 e. The average Bonchev–Trinajstić information content (AvgIpc) is 2.44. The summed E-state index contributed by atoms with van der Waals surface area (Å²) in [6, 6.07) is 4.82. The number of carbonyl (C=O) groups is 2. The Kier molecular flexibility index (Phi) is 6.52. The predicted molar refractivity (Wildman–Crippen MR) is 73.4 cm³/mol. The fourth-order valence-electron chi connectivity index (χ4n) is 1.69. The number of aldehydes is 1. The first-order valence-electron chi connectivity index (χ1n) is 6.15. The molecule has 1 atom stereocenters. The van der Waals surface area contributed by atoms with E-state index in [4.69, 9.17) is 14.2 Å². The Hall–Kier alpha value is -2.08. The van der Waals surface area contributed by atoms with Crippen LogP contribution in [0.3, 0.4) is 0 Å². The maximum Gasteiger partial charge on any atom is 0.258 e. The maximum atomic E-state index is 11.7. The quantitative estimate of drug-likeness (QED) is 0.721. The first-order chi connectivity index (χ1) is 9.62. The highest BCUT2D eigenvalue weighted by atomic mass is 16.5. The fraction of sp³-hybridized carbons (Fsp3) is 0.429. The SMILES string of the molecule is COCC(C)NC(=O)COc1c(C=O)cccc1OC. The number of nitrogens with one attached hydrogen (secondary N) is 1. The van der Waals surface area contributed by atoms with Crippen molar-refractivity contribution in [3.8, 4) is 11.5 Å². The third-order valence-corrected chi connectivity index (χ3v) is 2.53. The lowest BCUT2D eigenvalue weighted by atomic mass is 10.2. The second-order valence-corrected chi connectivity index (χ2v) is 4.21. The summed E-state index contributed by atoms with van der Waals surface area (Å²) in [5.41, 5.74) is 0.335. The molecule has 0 bridgehead atoms. The van der Waals surface area contributed by atoms with Crippen molar-refractivity contribution in [1.82, 2.24) is 5.32 Å². The number of methoxy groups -OCH3 is 2. The lowest BCUT2D eigenvalue weighted by Crippen LogP contribution is -2.38. The van der Waals surface area contributed by atoms with Crippen LogP contribution in [0.1, 0.15) is 17.3 Å². The van der Waals surface area contributed by atoms with Crippen LogP contribution < -0.4 is 14.8 Å². The Morgan fingerprint density at radius 2 is 2.15 bits per heavy atom. The molecule has 6 nitrogen and oxygen atoms in total. The maximum absolute atomic E-state index is 11.7. The van der Waals surface area contributed by atoms with Crippen LogP contribution >= 0.6 is 0 Å². The summed E-state index contributed by atoms with van der Waals surface area (Å²) in [6.45, 7) is 2.04. The van der Waals surface area contributed by atoms with Crippen LogP contribution in [0, 0.1) is 0 Å². The van der Waals surface area contributed by atoms with E-state index in [1.54, 1.807) is 25.3 Å². The van der Waals surface area contributed by atoms with Gasteiger partial charge >= 0.3 is 0 Å². The number of hydrogen-bond donors (Lipinski definition) is 1. The first-order valence-corrected chi connectivity index (χ1v) is 6.15. The van der Waals surface area contributed by atoms with Gasteiger partial charge in [0.15, 0.2) is 24.4 Å². The molecule has 6 heteroatoms. The van der Waals surface area contributed by atoms with Crippen molar-refractivity contribution < 1.29 is 23.8 Å². The van der Waals surface area contributed by atoms with Gasteiger partial charge in [-0.05, 0) is 19.1 Å². The Balaban J connectivity index is 2.65. The zero-order valence-corrected chi connectivity index (χ0v) is 11.8. The summed E-state index contributed by atoms with van der Waals surface area (Å²) in [4.78, 5) is 22.6.